The number of nitrogens with one attached hydrogen (secondary N) is 1. The highest BCUT2D eigenvalue weighted by molar-refractivity contribution is 7.92. The molecule has 4 aromatic rings. The van der Waals surface area contributed by atoms with Gasteiger partial charge in [-0.2, -0.15) is 0 Å². The number of ketones is 1. The molecule has 0 radical (unpaired) electrons. The summed E-state index contributed by atoms with van der Waals surface area (Å²) < 4.78 is 27.9. The first-order valence-electron chi connectivity index (χ1n) is 11.3. The van der Waals surface area contributed by atoms with Crippen LogP contribution < -0.4 is 9.62 Å². The number of carbonyl (C=O) groups excluding carboxylic acids is 2. The van der Waals surface area contributed by atoms with Crippen LogP contribution in [-0.2, 0) is 16.4 Å². The third kappa shape index (κ3) is 4.51. The Kier molecular flexibility index (Phi) is 6.35. The molecule has 1 amide bonds. The molecule has 36 heavy (non-hydrogen) atoms. The lowest BCUT2D eigenvalue weighted by Crippen LogP contribution is -2.29. The Bertz CT molecular complexity index is 1570. The molecule has 0 aromatic heterocycles. The number of nitrogens with zero attached hydrogens (tertiary/aromatic N) is 1. The first kappa shape index (κ1) is 23.8. The number of rotatable bonds is 6. The van der Waals surface area contributed by atoms with Crippen molar-refractivity contribution in [2.75, 3.05) is 16.2 Å². The molecule has 0 fully saturated rings. The number of sulfonamides is 1. The maximum atomic E-state index is 13.2. The normalized spacial score (nSPS) is 12.8. The molecule has 1 aliphatic heterocycles. The SMILES string of the molecule is O=C(Nc1ccc(Cl)cc1C(=O)c1ccccc1)c1ccc(S(=O)(=O)N2CCc3ccccc32)cc1. The Morgan fingerprint density at radius 1 is 0.806 bits per heavy atom. The standard InChI is InChI=1S/C28H21ClN2O4S/c29-22-12-15-25(24(18-22)27(32)20-7-2-1-3-8-20)30-28(33)21-10-13-23(14-11-21)36(34,35)31-17-16-19-6-4-5-9-26(19)31/h1-15,18H,16-17H2,(H,30,33). The number of hydrogen-bond acceptors (Lipinski definition) is 4. The average Bonchev–Trinajstić information content (AvgIpc) is 3.35. The Balaban J connectivity index is 1.38. The minimum Gasteiger partial charge on any atom is -0.321 e. The van der Waals surface area contributed by atoms with E-state index in [1.807, 2.05) is 24.3 Å². The molecular weight excluding hydrogens is 496 g/mol. The molecule has 1 N–H and O–H groups in total. The second kappa shape index (κ2) is 9.60. The Hall–Kier alpha value is -3.94. The van der Waals surface area contributed by atoms with Crippen molar-refractivity contribution in [1.82, 2.24) is 0 Å². The molecule has 0 saturated carbocycles. The van der Waals surface area contributed by atoms with Gasteiger partial charge in [-0.15, -0.1) is 0 Å². The van der Waals surface area contributed by atoms with Crippen molar-refractivity contribution in [3.05, 3.63) is 124 Å². The van der Waals surface area contributed by atoms with Gasteiger partial charge in [-0.3, -0.25) is 13.9 Å². The van der Waals surface area contributed by atoms with E-state index < -0.39 is 15.9 Å². The van der Waals surface area contributed by atoms with Gasteiger partial charge in [-0.1, -0.05) is 60.1 Å². The first-order valence-corrected chi connectivity index (χ1v) is 13.1. The van der Waals surface area contributed by atoms with Crippen molar-refractivity contribution in [2.45, 2.75) is 11.3 Å². The van der Waals surface area contributed by atoms with Crippen LogP contribution in [0.5, 0.6) is 0 Å². The quantitative estimate of drug-likeness (QED) is 0.339. The van der Waals surface area contributed by atoms with Crippen LogP contribution in [0.3, 0.4) is 0 Å². The Morgan fingerprint density at radius 3 is 2.25 bits per heavy atom. The summed E-state index contributed by atoms with van der Waals surface area (Å²) in [5.41, 5.74) is 2.95. The van der Waals surface area contributed by atoms with Gasteiger partial charge in [0.05, 0.1) is 16.3 Å². The van der Waals surface area contributed by atoms with E-state index >= 15 is 0 Å². The second-order valence-electron chi connectivity index (χ2n) is 8.32. The number of benzene rings is 4. The molecule has 180 valence electrons. The van der Waals surface area contributed by atoms with Gasteiger partial charge < -0.3 is 5.32 Å². The fourth-order valence-electron chi connectivity index (χ4n) is 4.22. The molecule has 5 rings (SSSR count). The lowest BCUT2D eigenvalue weighted by Gasteiger charge is -2.19. The number of carbonyl (C=O) groups is 2. The molecule has 0 unspecified atom stereocenters. The van der Waals surface area contributed by atoms with Crippen LogP contribution in [0.25, 0.3) is 0 Å². The lowest BCUT2D eigenvalue weighted by molar-refractivity contribution is 0.102. The molecule has 8 heteroatoms. The van der Waals surface area contributed by atoms with E-state index in [2.05, 4.69) is 5.32 Å². The molecule has 4 aromatic carbocycles. The van der Waals surface area contributed by atoms with Crippen molar-refractivity contribution < 1.29 is 18.0 Å². The van der Waals surface area contributed by atoms with Crippen molar-refractivity contribution in [1.29, 1.82) is 0 Å². The summed E-state index contributed by atoms with van der Waals surface area (Å²) >= 11 is 6.12. The molecular formula is C28H21ClN2O4S. The smallest absolute Gasteiger partial charge is 0.264 e. The van der Waals surface area contributed by atoms with Crippen LogP contribution in [-0.4, -0.2) is 26.7 Å². The molecule has 1 heterocycles. The van der Waals surface area contributed by atoms with Gasteiger partial charge in [0, 0.05) is 28.3 Å². The highest BCUT2D eigenvalue weighted by Gasteiger charge is 2.30. The zero-order valence-electron chi connectivity index (χ0n) is 19.0. The molecule has 6 nitrogen and oxygen atoms in total. The van der Waals surface area contributed by atoms with Gasteiger partial charge in [-0.25, -0.2) is 8.42 Å². The number of amides is 1. The van der Waals surface area contributed by atoms with E-state index in [1.165, 1.54) is 34.6 Å². The minimum absolute atomic E-state index is 0.0993. The number of anilines is 2. The highest BCUT2D eigenvalue weighted by atomic mass is 35.5. The van der Waals surface area contributed by atoms with E-state index in [4.69, 9.17) is 11.6 Å². The van der Waals surface area contributed by atoms with Gasteiger partial charge in [0.25, 0.3) is 15.9 Å². The van der Waals surface area contributed by atoms with Gasteiger partial charge in [-0.05, 0) is 60.5 Å². The van der Waals surface area contributed by atoms with Crippen molar-refractivity contribution >= 4 is 44.7 Å². The summed E-state index contributed by atoms with van der Waals surface area (Å²) in [6.07, 6.45) is 0.654. The molecule has 0 saturated heterocycles. The van der Waals surface area contributed by atoms with Crippen molar-refractivity contribution in [2.24, 2.45) is 0 Å². The summed E-state index contributed by atoms with van der Waals surface area (Å²) in [7, 11) is -3.76. The lowest BCUT2D eigenvalue weighted by atomic mass is 10.0. The highest BCUT2D eigenvalue weighted by Crippen LogP contribution is 2.32. The number of halogens is 1. The average molecular weight is 517 g/mol. The molecule has 0 spiro atoms. The number of fused-ring (bicyclic) bond motifs is 1. The summed E-state index contributed by atoms with van der Waals surface area (Å²) in [6, 6.07) is 26.5. The van der Waals surface area contributed by atoms with Crippen LogP contribution in [0.4, 0.5) is 11.4 Å². The van der Waals surface area contributed by atoms with E-state index in [0.29, 0.717) is 34.9 Å². The summed E-state index contributed by atoms with van der Waals surface area (Å²) in [5, 5.41) is 3.12. The molecule has 0 aliphatic carbocycles. The van der Waals surface area contributed by atoms with Gasteiger partial charge in [0.2, 0.25) is 0 Å². The monoisotopic (exact) mass is 516 g/mol. The third-order valence-electron chi connectivity index (χ3n) is 6.06. The van der Waals surface area contributed by atoms with Crippen LogP contribution in [0.1, 0.15) is 31.8 Å². The third-order valence-corrected chi connectivity index (χ3v) is 8.12. The fraction of sp³-hybridized carbons (Fsp3) is 0.0714. The van der Waals surface area contributed by atoms with Crippen molar-refractivity contribution in [3.8, 4) is 0 Å². The summed E-state index contributed by atoms with van der Waals surface area (Å²) in [4.78, 5) is 26.1. The largest absolute Gasteiger partial charge is 0.321 e. The Labute approximate surface area is 214 Å². The van der Waals surface area contributed by atoms with Crippen molar-refractivity contribution in [3.63, 3.8) is 0 Å². The fourth-order valence-corrected chi connectivity index (χ4v) is 5.89. The zero-order valence-corrected chi connectivity index (χ0v) is 20.6. The maximum Gasteiger partial charge on any atom is 0.264 e. The molecule has 0 atom stereocenters. The number of hydrogen-bond donors (Lipinski definition) is 1. The van der Waals surface area contributed by atoms with E-state index in [0.717, 1.165) is 5.56 Å². The minimum atomic E-state index is -3.76. The van der Waals surface area contributed by atoms with Crippen LogP contribution >= 0.6 is 11.6 Å². The second-order valence-corrected chi connectivity index (χ2v) is 10.6. The van der Waals surface area contributed by atoms with E-state index in [9.17, 15) is 18.0 Å². The molecule has 1 aliphatic rings. The summed E-state index contributed by atoms with van der Waals surface area (Å²) in [5.74, 6) is -0.754. The predicted octanol–water partition coefficient (Wildman–Crippen LogP) is 5.57. The number of para-hydroxylation sites is 1. The predicted molar refractivity (Wildman–Crippen MR) is 140 cm³/mol. The summed E-state index contributed by atoms with van der Waals surface area (Å²) in [6.45, 7) is 0.374. The van der Waals surface area contributed by atoms with Gasteiger partial charge in [0.1, 0.15) is 0 Å². The van der Waals surface area contributed by atoms with Gasteiger partial charge in [0.15, 0.2) is 5.78 Å². The zero-order chi connectivity index (χ0) is 25.3. The van der Waals surface area contributed by atoms with Crippen LogP contribution in [0.2, 0.25) is 5.02 Å². The van der Waals surface area contributed by atoms with Crippen LogP contribution in [0, 0.1) is 0 Å². The van der Waals surface area contributed by atoms with Crippen LogP contribution in [0.15, 0.2) is 102 Å². The first-order chi connectivity index (χ1) is 17.3. The molecule has 0 bridgehead atoms. The topological polar surface area (TPSA) is 83.5 Å². The Morgan fingerprint density at radius 2 is 1.50 bits per heavy atom. The van der Waals surface area contributed by atoms with E-state index in [-0.39, 0.29) is 21.8 Å². The van der Waals surface area contributed by atoms with Gasteiger partial charge >= 0.3 is 0 Å². The van der Waals surface area contributed by atoms with E-state index in [1.54, 1.807) is 42.5 Å². The maximum absolute atomic E-state index is 13.2.